The molecule has 0 spiro atoms. The number of piperidine rings is 1. The lowest BCUT2D eigenvalue weighted by molar-refractivity contribution is -0.0889. The minimum atomic E-state index is -0.0133. The van der Waals surface area contributed by atoms with E-state index in [1.54, 1.807) is 11.3 Å². The Labute approximate surface area is 156 Å². The molecule has 1 aromatic carbocycles. The molecule has 2 aliphatic heterocycles. The van der Waals surface area contributed by atoms with E-state index in [9.17, 15) is 0 Å². The van der Waals surface area contributed by atoms with Crippen molar-refractivity contribution in [3.8, 4) is 11.4 Å². The van der Waals surface area contributed by atoms with Gasteiger partial charge in [0.05, 0.1) is 18.7 Å². The molecule has 2 aliphatic rings. The maximum atomic E-state index is 5.71. The second-order valence-electron chi connectivity index (χ2n) is 6.83. The number of hydrogen-bond acceptors (Lipinski definition) is 6. The van der Waals surface area contributed by atoms with Crippen molar-refractivity contribution in [1.82, 2.24) is 9.97 Å². The van der Waals surface area contributed by atoms with Crippen molar-refractivity contribution in [2.75, 3.05) is 31.2 Å². The fraction of sp³-hybridized carbons (Fsp3) is 0.400. The molecule has 0 bridgehead atoms. The van der Waals surface area contributed by atoms with Crippen LogP contribution in [0.4, 0.5) is 5.82 Å². The normalized spacial score (nSPS) is 19.5. The molecule has 3 aromatic rings. The number of thiophene rings is 1. The third-order valence-corrected chi connectivity index (χ3v) is 5.92. The molecule has 6 heteroatoms. The van der Waals surface area contributed by atoms with Crippen molar-refractivity contribution < 1.29 is 9.47 Å². The van der Waals surface area contributed by atoms with E-state index in [2.05, 4.69) is 39.9 Å². The summed E-state index contributed by atoms with van der Waals surface area (Å²) in [5.74, 6) is 2.34. The molecule has 26 heavy (non-hydrogen) atoms. The Balaban J connectivity index is 1.46. The molecule has 4 heterocycles. The molecule has 0 saturated carbocycles. The first-order valence-corrected chi connectivity index (χ1v) is 10.1. The highest BCUT2D eigenvalue weighted by Gasteiger charge is 2.31. The molecule has 2 fully saturated rings. The molecular weight excluding hydrogens is 346 g/mol. The monoisotopic (exact) mass is 367 g/mol. The maximum absolute atomic E-state index is 5.71. The number of fused-ring (bicyclic) bond motifs is 1. The summed E-state index contributed by atoms with van der Waals surface area (Å²) in [5.41, 5.74) is 2.09. The predicted molar refractivity (Wildman–Crippen MR) is 103 cm³/mol. The summed E-state index contributed by atoms with van der Waals surface area (Å²) in [4.78, 5) is 12.1. The standard InChI is InChI=1S/C20H21N3O2S/c1-2-4-17-16(3-1)19(22-18(21-17)15-7-12-26-13-15)23-8-5-14(6-9-23)20-24-10-11-25-20/h1-4,7,12-14,20H,5-6,8-11H2. The summed E-state index contributed by atoms with van der Waals surface area (Å²) >= 11 is 1.67. The van der Waals surface area contributed by atoms with Crippen LogP contribution in [0.5, 0.6) is 0 Å². The van der Waals surface area contributed by atoms with Gasteiger partial charge in [-0.25, -0.2) is 9.97 Å². The lowest BCUT2D eigenvalue weighted by Gasteiger charge is -2.35. The van der Waals surface area contributed by atoms with Gasteiger partial charge in [0.1, 0.15) is 5.82 Å². The van der Waals surface area contributed by atoms with E-state index in [1.165, 1.54) is 0 Å². The van der Waals surface area contributed by atoms with Crippen LogP contribution in [0.2, 0.25) is 0 Å². The zero-order chi connectivity index (χ0) is 17.3. The van der Waals surface area contributed by atoms with Crippen LogP contribution >= 0.6 is 11.3 Å². The van der Waals surface area contributed by atoms with E-state index >= 15 is 0 Å². The van der Waals surface area contributed by atoms with Crippen molar-refractivity contribution >= 4 is 28.1 Å². The zero-order valence-corrected chi connectivity index (χ0v) is 15.3. The third-order valence-electron chi connectivity index (χ3n) is 5.23. The Kier molecular flexibility index (Phi) is 4.32. The van der Waals surface area contributed by atoms with Crippen LogP contribution in [0, 0.1) is 5.92 Å². The van der Waals surface area contributed by atoms with Gasteiger partial charge in [0.15, 0.2) is 12.1 Å². The van der Waals surface area contributed by atoms with Crippen LogP contribution in [-0.4, -0.2) is 42.6 Å². The molecule has 0 radical (unpaired) electrons. The van der Waals surface area contributed by atoms with Gasteiger partial charge in [-0.1, -0.05) is 12.1 Å². The molecule has 0 N–H and O–H groups in total. The van der Waals surface area contributed by atoms with Gasteiger partial charge in [-0.2, -0.15) is 11.3 Å². The number of para-hydroxylation sites is 1. The maximum Gasteiger partial charge on any atom is 0.162 e. The average Bonchev–Trinajstić information content (AvgIpc) is 3.41. The SMILES string of the molecule is c1ccc2c(N3CCC(C4OCCO4)CC3)nc(-c3ccsc3)nc2c1. The van der Waals surface area contributed by atoms with E-state index in [0.29, 0.717) is 5.92 Å². The Morgan fingerprint density at radius 1 is 1.00 bits per heavy atom. The molecule has 0 unspecified atom stereocenters. The Morgan fingerprint density at radius 3 is 2.58 bits per heavy atom. The van der Waals surface area contributed by atoms with E-state index in [1.807, 2.05) is 6.07 Å². The molecular formula is C20H21N3O2S. The van der Waals surface area contributed by atoms with E-state index in [4.69, 9.17) is 19.4 Å². The van der Waals surface area contributed by atoms with Gasteiger partial charge in [0.2, 0.25) is 0 Å². The lowest BCUT2D eigenvalue weighted by Crippen LogP contribution is -2.38. The highest BCUT2D eigenvalue weighted by molar-refractivity contribution is 7.08. The molecule has 134 valence electrons. The summed E-state index contributed by atoms with van der Waals surface area (Å²) in [6.45, 7) is 3.40. The molecule has 5 nitrogen and oxygen atoms in total. The first-order chi connectivity index (χ1) is 12.9. The van der Waals surface area contributed by atoms with Crippen LogP contribution in [0.25, 0.3) is 22.3 Å². The topological polar surface area (TPSA) is 47.5 Å². The Hall–Kier alpha value is -2.02. The van der Waals surface area contributed by atoms with Crippen molar-refractivity contribution in [3.63, 3.8) is 0 Å². The quantitative estimate of drug-likeness (QED) is 0.701. The van der Waals surface area contributed by atoms with Gasteiger partial charge < -0.3 is 14.4 Å². The van der Waals surface area contributed by atoms with Crippen molar-refractivity contribution in [2.24, 2.45) is 5.92 Å². The van der Waals surface area contributed by atoms with Crippen LogP contribution in [0.1, 0.15) is 12.8 Å². The number of ether oxygens (including phenoxy) is 2. The molecule has 0 aliphatic carbocycles. The summed E-state index contributed by atoms with van der Waals surface area (Å²) in [5, 5.41) is 5.30. The van der Waals surface area contributed by atoms with Gasteiger partial charge in [-0.15, -0.1) is 0 Å². The average molecular weight is 367 g/mol. The first-order valence-electron chi connectivity index (χ1n) is 9.16. The zero-order valence-electron chi connectivity index (χ0n) is 14.5. The number of benzene rings is 1. The second kappa shape index (κ2) is 6.95. The fourth-order valence-electron chi connectivity index (χ4n) is 3.85. The number of nitrogens with zero attached hydrogens (tertiary/aromatic N) is 3. The van der Waals surface area contributed by atoms with Gasteiger partial charge in [-0.3, -0.25) is 0 Å². The first kappa shape index (κ1) is 16.2. The van der Waals surface area contributed by atoms with Crippen LogP contribution in [0.3, 0.4) is 0 Å². The summed E-state index contributed by atoms with van der Waals surface area (Å²) in [6, 6.07) is 10.4. The fourth-order valence-corrected chi connectivity index (χ4v) is 4.49. The summed E-state index contributed by atoms with van der Waals surface area (Å²) in [6.07, 6.45) is 2.12. The second-order valence-corrected chi connectivity index (χ2v) is 7.61. The summed E-state index contributed by atoms with van der Waals surface area (Å²) < 4.78 is 11.4. The summed E-state index contributed by atoms with van der Waals surface area (Å²) in [7, 11) is 0. The molecule has 0 atom stereocenters. The number of aromatic nitrogens is 2. The molecule has 2 aromatic heterocycles. The van der Waals surface area contributed by atoms with Crippen LogP contribution in [0.15, 0.2) is 41.1 Å². The smallest absolute Gasteiger partial charge is 0.162 e. The predicted octanol–water partition coefficient (Wildman–Crippen LogP) is 3.95. The van der Waals surface area contributed by atoms with Gasteiger partial charge >= 0.3 is 0 Å². The highest BCUT2D eigenvalue weighted by Crippen LogP contribution is 2.32. The van der Waals surface area contributed by atoms with Gasteiger partial charge in [-0.05, 0) is 36.4 Å². The minimum Gasteiger partial charge on any atom is -0.356 e. The van der Waals surface area contributed by atoms with Crippen molar-refractivity contribution in [2.45, 2.75) is 19.1 Å². The molecule has 5 rings (SSSR count). The molecule has 2 saturated heterocycles. The Bertz CT molecular complexity index is 885. The van der Waals surface area contributed by atoms with E-state index in [-0.39, 0.29) is 6.29 Å². The Morgan fingerprint density at radius 2 is 1.81 bits per heavy atom. The van der Waals surface area contributed by atoms with Crippen molar-refractivity contribution in [3.05, 3.63) is 41.1 Å². The van der Waals surface area contributed by atoms with Gasteiger partial charge in [0, 0.05) is 35.3 Å². The van der Waals surface area contributed by atoms with Crippen molar-refractivity contribution in [1.29, 1.82) is 0 Å². The van der Waals surface area contributed by atoms with E-state index in [0.717, 1.165) is 67.3 Å². The molecule has 0 amide bonds. The number of anilines is 1. The lowest BCUT2D eigenvalue weighted by atomic mass is 9.96. The van der Waals surface area contributed by atoms with Crippen LogP contribution < -0.4 is 4.90 Å². The minimum absolute atomic E-state index is 0.0133. The highest BCUT2D eigenvalue weighted by atomic mass is 32.1. The van der Waals surface area contributed by atoms with E-state index < -0.39 is 0 Å². The van der Waals surface area contributed by atoms with Crippen LogP contribution in [-0.2, 0) is 9.47 Å². The van der Waals surface area contributed by atoms with Gasteiger partial charge in [0.25, 0.3) is 0 Å². The number of rotatable bonds is 3. The largest absolute Gasteiger partial charge is 0.356 e. The third kappa shape index (κ3) is 2.98. The number of hydrogen-bond donors (Lipinski definition) is 0.